The number of carbonyl (C=O) groups excluding carboxylic acids is 1. The maximum Gasteiger partial charge on any atom is 0.224 e. The Morgan fingerprint density at radius 1 is 1.30 bits per heavy atom. The number of carbonyl (C=O) groups is 1. The molecule has 1 aromatic heterocycles. The quantitative estimate of drug-likeness (QED) is 0.626. The Morgan fingerprint density at radius 3 is 2.85 bits per heavy atom. The minimum atomic E-state index is 0.221. The Bertz CT molecular complexity index is 812. The molecule has 2 N–H and O–H groups in total. The van der Waals surface area contributed by atoms with E-state index in [1.54, 1.807) is 7.05 Å². The summed E-state index contributed by atoms with van der Waals surface area (Å²) >= 11 is 0. The molecule has 0 spiro atoms. The highest BCUT2D eigenvalue weighted by atomic mass is 16.3. The number of furan rings is 1. The number of piperidine rings is 1. The molecule has 1 amide bonds. The van der Waals surface area contributed by atoms with Gasteiger partial charge in [0, 0.05) is 43.5 Å². The van der Waals surface area contributed by atoms with Crippen molar-refractivity contribution in [2.45, 2.75) is 52.1 Å². The maximum absolute atomic E-state index is 12.4. The lowest BCUT2D eigenvalue weighted by molar-refractivity contribution is -0.134. The van der Waals surface area contributed by atoms with Gasteiger partial charge in [-0.2, -0.15) is 0 Å². The van der Waals surface area contributed by atoms with E-state index >= 15 is 0 Å². The number of benzene rings is 1. The van der Waals surface area contributed by atoms with Crippen molar-refractivity contribution in [2.24, 2.45) is 4.99 Å². The van der Waals surface area contributed by atoms with Crippen LogP contribution in [0.3, 0.4) is 0 Å². The number of para-hydroxylation sites is 1. The molecule has 2 heterocycles. The summed E-state index contributed by atoms with van der Waals surface area (Å²) in [4.78, 5) is 18.7. The predicted octanol–water partition coefficient (Wildman–Crippen LogP) is 3.20. The van der Waals surface area contributed by atoms with E-state index in [9.17, 15) is 4.79 Å². The molecule has 27 heavy (non-hydrogen) atoms. The van der Waals surface area contributed by atoms with Crippen LogP contribution in [0.5, 0.6) is 0 Å². The van der Waals surface area contributed by atoms with E-state index in [0.29, 0.717) is 31.5 Å². The third kappa shape index (κ3) is 4.62. The number of aliphatic imine (C=N–C) groups is 1. The van der Waals surface area contributed by atoms with Gasteiger partial charge in [0.1, 0.15) is 11.3 Å². The van der Waals surface area contributed by atoms with E-state index in [-0.39, 0.29) is 5.91 Å². The molecule has 6 heteroatoms. The minimum Gasteiger partial charge on any atom is -0.459 e. The molecule has 1 atom stereocenters. The summed E-state index contributed by atoms with van der Waals surface area (Å²) in [5, 5.41) is 7.63. The lowest BCUT2D eigenvalue weighted by atomic mass is 10.0. The monoisotopic (exact) mass is 370 g/mol. The lowest BCUT2D eigenvalue weighted by Gasteiger charge is -2.33. The fourth-order valence-electron chi connectivity index (χ4n) is 3.68. The number of guanidine groups is 1. The second-order valence-electron chi connectivity index (χ2n) is 7.18. The van der Waals surface area contributed by atoms with Gasteiger partial charge in [0.2, 0.25) is 5.91 Å². The molecule has 0 bridgehead atoms. The highest BCUT2D eigenvalue weighted by Crippen LogP contribution is 2.24. The first-order valence-corrected chi connectivity index (χ1v) is 9.81. The number of likely N-dealkylation sites (tertiary alicyclic amines) is 1. The molecule has 1 aliphatic rings. The zero-order valence-corrected chi connectivity index (χ0v) is 16.5. The zero-order valence-electron chi connectivity index (χ0n) is 16.5. The minimum absolute atomic E-state index is 0.221. The fourth-order valence-corrected chi connectivity index (χ4v) is 3.68. The highest BCUT2D eigenvalue weighted by Gasteiger charge is 2.22. The smallest absolute Gasteiger partial charge is 0.224 e. The Kier molecular flexibility index (Phi) is 6.37. The molecular formula is C21H30N4O2. The SMILES string of the molecule is CN=C(NCCC(=O)N1CCCCC1C)NCc1oc2ccccc2c1C. The Morgan fingerprint density at radius 2 is 2.11 bits per heavy atom. The molecule has 1 aromatic carbocycles. The molecule has 0 saturated carbocycles. The van der Waals surface area contributed by atoms with E-state index in [1.165, 1.54) is 6.42 Å². The summed E-state index contributed by atoms with van der Waals surface area (Å²) in [6.07, 6.45) is 3.93. The number of rotatable bonds is 5. The molecule has 1 unspecified atom stereocenters. The first-order valence-electron chi connectivity index (χ1n) is 9.81. The summed E-state index contributed by atoms with van der Waals surface area (Å²) in [7, 11) is 1.73. The molecule has 1 aliphatic heterocycles. The maximum atomic E-state index is 12.4. The number of hydrogen-bond acceptors (Lipinski definition) is 3. The molecule has 1 fully saturated rings. The summed E-state index contributed by atoms with van der Waals surface area (Å²) < 4.78 is 5.92. The Hall–Kier alpha value is -2.50. The van der Waals surface area contributed by atoms with Crippen LogP contribution in [0.2, 0.25) is 0 Å². The van der Waals surface area contributed by atoms with Gasteiger partial charge in [-0.25, -0.2) is 0 Å². The van der Waals surface area contributed by atoms with Gasteiger partial charge < -0.3 is 20.0 Å². The average Bonchev–Trinajstić information content (AvgIpc) is 3.01. The molecule has 0 aliphatic carbocycles. The van der Waals surface area contributed by atoms with Crippen molar-refractivity contribution in [1.82, 2.24) is 15.5 Å². The van der Waals surface area contributed by atoms with Crippen LogP contribution in [0.4, 0.5) is 0 Å². The molecule has 2 aromatic rings. The summed E-state index contributed by atoms with van der Waals surface area (Å²) in [5.74, 6) is 1.80. The van der Waals surface area contributed by atoms with Gasteiger partial charge in [-0.15, -0.1) is 0 Å². The van der Waals surface area contributed by atoms with Crippen LogP contribution in [-0.2, 0) is 11.3 Å². The van der Waals surface area contributed by atoms with E-state index in [0.717, 1.165) is 41.7 Å². The van der Waals surface area contributed by atoms with Crippen LogP contribution in [0.1, 0.15) is 43.9 Å². The third-order valence-electron chi connectivity index (χ3n) is 5.34. The number of nitrogens with zero attached hydrogens (tertiary/aromatic N) is 2. The van der Waals surface area contributed by atoms with Crippen molar-refractivity contribution >= 4 is 22.8 Å². The second kappa shape index (κ2) is 8.93. The largest absolute Gasteiger partial charge is 0.459 e. The molecular weight excluding hydrogens is 340 g/mol. The molecule has 146 valence electrons. The zero-order chi connectivity index (χ0) is 19.2. The van der Waals surface area contributed by atoms with Crippen molar-refractivity contribution in [3.8, 4) is 0 Å². The van der Waals surface area contributed by atoms with Crippen molar-refractivity contribution < 1.29 is 9.21 Å². The van der Waals surface area contributed by atoms with Gasteiger partial charge in [-0.3, -0.25) is 9.79 Å². The first kappa shape index (κ1) is 19.3. The van der Waals surface area contributed by atoms with Crippen LogP contribution in [-0.4, -0.2) is 42.9 Å². The van der Waals surface area contributed by atoms with Gasteiger partial charge in [-0.1, -0.05) is 18.2 Å². The first-order chi connectivity index (χ1) is 13.1. The van der Waals surface area contributed by atoms with E-state index in [2.05, 4.69) is 35.5 Å². The lowest BCUT2D eigenvalue weighted by Crippen LogP contribution is -2.44. The molecule has 1 saturated heterocycles. The number of aryl methyl sites for hydroxylation is 1. The highest BCUT2D eigenvalue weighted by molar-refractivity contribution is 5.83. The van der Waals surface area contributed by atoms with Gasteiger partial charge in [-0.05, 0) is 39.2 Å². The topological polar surface area (TPSA) is 69.9 Å². The average molecular weight is 370 g/mol. The van der Waals surface area contributed by atoms with Gasteiger partial charge in [0.25, 0.3) is 0 Å². The van der Waals surface area contributed by atoms with Crippen molar-refractivity contribution in [2.75, 3.05) is 20.1 Å². The summed E-state index contributed by atoms with van der Waals surface area (Å²) in [6.45, 7) is 6.22. The van der Waals surface area contributed by atoms with Crippen LogP contribution < -0.4 is 10.6 Å². The van der Waals surface area contributed by atoms with E-state index in [4.69, 9.17) is 4.42 Å². The summed E-state index contributed by atoms with van der Waals surface area (Å²) in [5.41, 5.74) is 2.04. The standard InChI is InChI=1S/C21H30N4O2/c1-15-8-6-7-13-25(15)20(26)11-12-23-21(22-3)24-14-19-16(2)17-9-4-5-10-18(17)27-19/h4-5,9-10,15H,6-8,11-14H2,1-3H3,(H2,22,23,24). The number of fused-ring (bicyclic) bond motifs is 1. The fraction of sp³-hybridized carbons (Fsp3) is 0.524. The summed E-state index contributed by atoms with van der Waals surface area (Å²) in [6, 6.07) is 8.40. The van der Waals surface area contributed by atoms with E-state index in [1.807, 2.05) is 23.1 Å². The molecule has 3 rings (SSSR count). The van der Waals surface area contributed by atoms with E-state index < -0.39 is 0 Å². The second-order valence-corrected chi connectivity index (χ2v) is 7.18. The number of nitrogens with one attached hydrogen (secondary N) is 2. The Balaban J connectivity index is 1.48. The molecule has 0 radical (unpaired) electrons. The van der Waals surface area contributed by atoms with Crippen LogP contribution >= 0.6 is 0 Å². The van der Waals surface area contributed by atoms with Gasteiger partial charge in [0.05, 0.1) is 6.54 Å². The van der Waals surface area contributed by atoms with Crippen LogP contribution in [0, 0.1) is 6.92 Å². The van der Waals surface area contributed by atoms with Crippen LogP contribution in [0.25, 0.3) is 11.0 Å². The predicted molar refractivity (Wildman–Crippen MR) is 109 cm³/mol. The van der Waals surface area contributed by atoms with Crippen molar-refractivity contribution in [3.63, 3.8) is 0 Å². The Labute approximate surface area is 161 Å². The number of amides is 1. The molecule has 6 nitrogen and oxygen atoms in total. The van der Waals surface area contributed by atoms with Crippen molar-refractivity contribution in [3.05, 3.63) is 35.6 Å². The number of hydrogen-bond donors (Lipinski definition) is 2. The van der Waals surface area contributed by atoms with Gasteiger partial charge in [0.15, 0.2) is 5.96 Å². The van der Waals surface area contributed by atoms with Crippen molar-refractivity contribution in [1.29, 1.82) is 0 Å². The van der Waals surface area contributed by atoms with Crippen LogP contribution in [0.15, 0.2) is 33.7 Å². The third-order valence-corrected chi connectivity index (χ3v) is 5.34. The van der Waals surface area contributed by atoms with Gasteiger partial charge >= 0.3 is 0 Å². The normalized spacial score (nSPS) is 18.0.